The molecular formula is C47H59N7O10. The Morgan fingerprint density at radius 2 is 1.19 bits per heavy atom. The summed E-state index contributed by atoms with van der Waals surface area (Å²) in [7, 11) is 0. The highest BCUT2D eigenvalue weighted by Gasteiger charge is 2.44. The van der Waals surface area contributed by atoms with E-state index in [1.165, 1.54) is 52.4 Å². The molecule has 3 heterocycles. The summed E-state index contributed by atoms with van der Waals surface area (Å²) in [5.74, 6) is -3.98. The molecule has 3 aromatic rings. The molecule has 342 valence electrons. The van der Waals surface area contributed by atoms with Gasteiger partial charge in [0.05, 0.1) is 6.04 Å². The summed E-state index contributed by atoms with van der Waals surface area (Å²) < 4.78 is 0. The molecule has 6 amide bonds. The lowest BCUT2D eigenvalue weighted by Gasteiger charge is -2.33. The molecule has 8 unspecified atom stereocenters. The van der Waals surface area contributed by atoms with Gasteiger partial charge in [0.15, 0.2) is 0 Å². The third-order valence-electron chi connectivity index (χ3n) is 12.0. The molecule has 0 spiro atoms. The van der Waals surface area contributed by atoms with Crippen LogP contribution in [-0.4, -0.2) is 134 Å². The predicted octanol–water partition coefficient (Wildman–Crippen LogP) is 1.49. The Hall–Kier alpha value is -6.49. The number of aliphatic imine (C=N–C) groups is 1. The molecule has 17 heteroatoms. The standard InChI is InChI=1S/C47H59N7O10/c1-27(2)41-47(64)54-26-28(3)21-40(54)45(62)49-32(22-29-6-12-33(56)13-7-29)25-48-37(23-30-8-14-34(57)15-9-30)42(59)51-38(24-31-10-16-35(58)17-11-31)43(60)50-36(18-20-55)46(63)53-19-4-5-39(53)44(61)52-41/h6-17,25,27-28,32,36-41,55-58H,4-5,18-24,26H2,1-3H3,(H,49,62)(H,50,60)(H,51,59)(H,52,61). The number of hydrogen-bond acceptors (Lipinski definition) is 11. The maximum atomic E-state index is 14.5. The van der Waals surface area contributed by atoms with Crippen LogP contribution in [0.3, 0.4) is 0 Å². The minimum atomic E-state index is -1.31. The molecule has 2 fully saturated rings. The first-order chi connectivity index (χ1) is 30.6. The predicted molar refractivity (Wildman–Crippen MR) is 236 cm³/mol. The second-order valence-electron chi connectivity index (χ2n) is 17.4. The van der Waals surface area contributed by atoms with E-state index in [0.717, 1.165) is 0 Å². The molecule has 3 aliphatic heterocycles. The molecule has 0 bridgehead atoms. The van der Waals surface area contributed by atoms with E-state index in [-0.39, 0.29) is 68.4 Å². The topological polar surface area (TPSA) is 250 Å². The van der Waals surface area contributed by atoms with Crippen molar-refractivity contribution in [1.82, 2.24) is 31.1 Å². The van der Waals surface area contributed by atoms with Crippen molar-refractivity contribution in [2.45, 2.75) is 108 Å². The molecule has 17 nitrogen and oxygen atoms in total. The van der Waals surface area contributed by atoms with Crippen LogP contribution in [0, 0.1) is 11.8 Å². The highest BCUT2D eigenvalue weighted by molar-refractivity contribution is 5.98. The summed E-state index contributed by atoms with van der Waals surface area (Å²) in [5, 5.41) is 51.6. The van der Waals surface area contributed by atoms with Gasteiger partial charge in [0, 0.05) is 38.8 Å². The highest BCUT2D eigenvalue weighted by atomic mass is 16.3. The lowest BCUT2D eigenvalue weighted by atomic mass is 10.0. The van der Waals surface area contributed by atoms with Gasteiger partial charge < -0.3 is 51.5 Å². The van der Waals surface area contributed by atoms with Crippen LogP contribution in [0.25, 0.3) is 0 Å². The summed E-state index contributed by atoms with van der Waals surface area (Å²) in [6, 6.07) is 11.0. The number of rotatable bonds is 9. The van der Waals surface area contributed by atoms with Crippen LogP contribution in [0.2, 0.25) is 0 Å². The Labute approximate surface area is 372 Å². The van der Waals surface area contributed by atoms with Crippen LogP contribution in [0.1, 0.15) is 63.1 Å². The van der Waals surface area contributed by atoms with Crippen molar-refractivity contribution in [3.63, 3.8) is 0 Å². The molecule has 3 aromatic carbocycles. The van der Waals surface area contributed by atoms with Crippen LogP contribution in [-0.2, 0) is 48.0 Å². The molecule has 0 saturated carbocycles. The van der Waals surface area contributed by atoms with Crippen LogP contribution >= 0.6 is 0 Å². The molecule has 8 N–H and O–H groups in total. The first-order valence-corrected chi connectivity index (χ1v) is 21.9. The Morgan fingerprint density at radius 1 is 0.641 bits per heavy atom. The first-order valence-electron chi connectivity index (χ1n) is 21.9. The number of aromatic hydroxyl groups is 3. The van der Waals surface area contributed by atoms with Crippen molar-refractivity contribution < 1.29 is 49.2 Å². The monoisotopic (exact) mass is 881 g/mol. The van der Waals surface area contributed by atoms with Gasteiger partial charge in [0.2, 0.25) is 35.4 Å². The fourth-order valence-corrected chi connectivity index (χ4v) is 8.57. The van der Waals surface area contributed by atoms with E-state index in [4.69, 9.17) is 4.99 Å². The Balaban J connectivity index is 1.43. The number of amides is 6. The van der Waals surface area contributed by atoms with Crippen molar-refractivity contribution in [1.29, 1.82) is 0 Å². The maximum absolute atomic E-state index is 14.5. The van der Waals surface area contributed by atoms with E-state index in [1.807, 2.05) is 6.92 Å². The third-order valence-corrected chi connectivity index (χ3v) is 12.0. The molecule has 8 atom stereocenters. The van der Waals surface area contributed by atoms with Crippen LogP contribution in [0.4, 0.5) is 0 Å². The fourth-order valence-electron chi connectivity index (χ4n) is 8.57. The maximum Gasteiger partial charge on any atom is 0.246 e. The number of aliphatic hydroxyl groups is 1. The van der Waals surface area contributed by atoms with Crippen LogP contribution in [0.5, 0.6) is 17.2 Å². The smallest absolute Gasteiger partial charge is 0.246 e. The fraction of sp³-hybridized carbons (Fsp3) is 0.468. The molecule has 3 aliphatic rings. The molecule has 6 rings (SSSR count). The minimum Gasteiger partial charge on any atom is -0.508 e. The van der Waals surface area contributed by atoms with Gasteiger partial charge >= 0.3 is 0 Å². The number of hydrogen-bond donors (Lipinski definition) is 8. The molecule has 0 aromatic heterocycles. The van der Waals surface area contributed by atoms with E-state index in [2.05, 4.69) is 21.3 Å². The van der Waals surface area contributed by atoms with Gasteiger partial charge in [-0.05, 0) is 97.0 Å². The molecule has 2 saturated heterocycles. The SMILES string of the molecule is CC1CC2C(=O)NC(Cc3ccc(O)cc3)C=NC(Cc3ccc(O)cc3)C(=O)NC(Cc3ccc(O)cc3)C(=O)NC(CCO)C(=O)N3CCCC3C(=O)NC(C(C)C)C(=O)N2C1. The number of fused-ring (bicyclic) bond motifs is 2. The van der Waals surface area contributed by atoms with Crippen molar-refractivity contribution >= 4 is 41.7 Å². The van der Waals surface area contributed by atoms with E-state index < -0.39 is 90.3 Å². The number of carbonyl (C=O) groups is 6. The zero-order valence-corrected chi connectivity index (χ0v) is 36.4. The Morgan fingerprint density at radius 3 is 1.77 bits per heavy atom. The molecule has 0 radical (unpaired) electrons. The third kappa shape index (κ3) is 11.9. The number of benzene rings is 3. The van der Waals surface area contributed by atoms with Gasteiger partial charge in [-0.3, -0.25) is 33.8 Å². The zero-order chi connectivity index (χ0) is 46.1. The second kappa shape index (κ2) is 21.3. The largest absolute Gasteiger partial charge is 0.508 e. The van der Waals surface area contributed by atoms with E-state index in [1.54, 1.807) is 50.2 Å². The van der Waals surface area contributed by atoms with Crippen LogP contribution < -0.4 is 21.3 Å². The summed E-state index contributed by atoms with van der Waals surface area (Å²) in [6.07, 6.45) is 2.42. The normalized spacial score (nSPS) is 26.4. The van der Waals surface area contributed by atoms with Crippen LogP contribution in [0.15, 0.2) is 77.8 Å². The van der Waals surface area contributed by atoms with Gasteiger partial charge in [-0.25, -0.2) is 0 Å². The number of carbonyl (C=O) groups excluding carboxylic acids is 6. The molecule has 64 heavy (non-hydrogen) atoms. The average Bonchev–Trinajstić information content (AvgIpc) is 3.92. The van der Waals surface area contributed by atoms with Gasteiger partial charge in [-0.15, -0.1) is 0 Å². The van der Waals surface area contributed by atoms with E-state index in [9.17, 15) is 49.2 Å². The zero-order valence-electron chi connectivity index (χ0n) is 36.4. The van der Waals surface area contributed by atoms with Crippen molar-refractivity contribution in [3.8, 4) is 17.2 Å². The van der Waals surface area contributed by atoms with Crippen molar-refractivity contribution in [2.75, 3.05) is 19.7 Å². The average molecular weight is 882 g/mol. The summed E-state index contributed by atoms with van der Waals surface area (Å²) >= 11 is 0. The van der Waals surface area contributed by atoms with Gasteiger partial charge in [-0.2, -0.15) is 0 Å². The van der Waals surface area contributed by atoms with Gasteiger partial charge in [-0.1, -0.05) is 57.2 Å². The molecular weight excluding hydrogens is 823 g/mol. The lowest BCUT2D eigenvalue weighted by molar-refractivity contribution is -0.145. The highest BCUT2D eigenvalue weighted by Crippen LogP contribution is 2.27. The summed E-state index contributed by atoms with van der Waals surface area (Å²) in [4.78, 5) is 93.7. The second-order valence-corrected chi connectivity index (χ2v) is 17.4. The quantitative estimate of drug-likeness (QED) is 0.154. The lowest BCUT2D eigenvalue weighted by Crippen LogP contribution is -2.60. The first kappa shape index (κ1) is 47.0. The Bertz CT molecular complexity index is 2170. The Kier molecular flexibility index (Phi) is 15.6. The van der Waals surface area contributed by atoms with E-state index in [0.29, 0.717) is 29.5 Å². The van der Waals surface area contributed by atoms with Gasteiger partial charge in [0.25, 0.3) is 0 Å². The number of nitrogens with one attached hydrogen (secondary N) is 4. The summed E-state index contributed by atoms with van der Waals surface area (Å²) in [6.45, 7) is 5.44. The number of phenols is 3. The van der Waals surface area contributed by atoms with Gasteiger partial charge in [0.1, 0.15) is 53.5 Å². The minimum absolute atomic E-state index is 0.00194. The van der Waals surface area contributed by atoms with Crippen molar-refractivity contribution in [3.05, 3.63) is 89.5 Å². The number of phenolic OH excluding ortho intramolecular Hbond substituents is 3. The number of nitrogens with zero attached hydrogens (tertiary/aromatic N) is 3. The molecule has 0 aliphatic carbocycles. The number of aliphatic hydroxyl groups excluding tert-OH is 1. The summed E-state index contributed by atoms with van der Waals surface area (Å²) in [5.41, 5.74) is 1.89. The van der Waals surface area contributed by atoms with E-state index >= 15 is 0 Å². The van der Waals surface area contributed by atoms with Crippen molar-refractivity contribution in [2.24, 2.45) is 16.8 Å².